The molecule has 0 aliphatic carbocycles. The summed E-state index contributed by atoms with van der Waals surface area (Å²) in [5.41, 5.74) is 1.57. The maximum atomic E-state index is 11.7. The Balaban J connectivity index is 2.35. The number of aliphatic imine (C=N–C) groups is 1. The predicted molar refractivity (Wildman–Crippen MR) is 75.5 cm³/mol. The van der Waals surface area contributed by atoms with Crippen molar-refractivity contribution < 1.29 is 19.7 Å². The Bertz CT molecular complexity index is 624. The summed E-state index contributed by atoms with van der Waals surface area (Å²) in [6.45, 7) is 3.57. The Kier molecular flexibility index (Phi) is 3.89. The molecule has 1 aliphatic heterocycles. The van der Waals surface area contributed by atoms with Crippen LogP contribution in [0.15, 0.2) is 46.3 Å². The molecule has 0 spiro atoms. The number of phenolic OH excluding ortho intramolecular Hbond substituents is 1. The third-order valence-corrected chi connectivity index (χ3v) is 2.81. The number of rotatable bonds is 3. The molecular formula is C15H15NO4. The zero-order chi connectivity index (χ0) is 14.7. The molecule has 0 radical (unpaired) electrons. The van der Waals surface area contributed by atoms with Crippen LogP contribution in [0.1, 0.15) is 19.4 Å². The molecule has 1 aliphatic rings. The number of carbonyl (C=O) groups is 1. The molecule has 1 aromatic rings. The van der Waals surface area contributed by atoms with E-state index in [2.05, 4.69) is 4.99 Å². The predicted octanol–water partition coefficient (Wildman–Crippen LogP) is 2.58. The van der Waals surface area contributed by atoms with Crippen LogP contribution in [0.3, 0.4) is 0 Å². The van der Waals surface area contributed by atoms with Crippen LogP contribution in [0.25, 0.3) is 6.08 Å². The standard InChI is InChI=1S/C15H15NO4/c1-3-20-15(19)13-9(2)16-12(14(13)18)8-10-4-6-11(17)7-5-10/h4-8,17-18H,3H2,1-2H3/b12-8-. The molecule has 0 amide bonds. The highest BCUT2D eigenvalue weighted by Gasteiger charge is 2.27. The fourth-order valence-electron chi connectivity index (χ4n) is 1.87. The van der Waals surface area contributed by atoms with E-state index in [0.29, 0.717) is 11.4 Å². The first-order valence-electron chi connectivity index (χ1n) is 6.20. The van der Waals surface area contributed by atoms with Crippen molar-refractivity contribution in [2.75, 3.05) is 6.61 Å². The van der Waals surface area contributed by atoms with E-state index in [4.69, 9.17) is 4.74 Å². The zero-order valence-electron chi connectivity index (χ0n) is 11.3. The molecule has 5 nitrogen and oxygen atoms in total. The van der Waals surface area contributed by atoms with Crippen LogP contribution >= 0.6 is 0 Å². The molecule has 5 heteroatoms. The van der Waals surface area contributed by atoms with Crippen molar-refractivity contribution in [2.24, 2.45) is 4.99 Å². The van der Waals surface area contributed by atoms with Gasteiger partial charge in [-0.2, -0.15) is 0 Å². The molecule has 1 heterocycles. The number of benzene rings is 1. The van der Waals surface area contributed by atoms with Crippen molar-refractivity contribution >= 4 is 17.8 Å². The smallest absolute Gasteiger partial charge is 0.343 e. The maximum absolute atomic E-state index is 11.7. The molecule has 0 saturated carbocycles. The van der Waals surface area contributed by atoms with Gasteiger partial charge in [0.1, 0.15) is 17.0 Å². The second-order valence-electron chi connectivity index (χ2n) is 4.26. The van der Waals surface area contributed by atoms with Gasteiger partial charge >= 0.3 is 5.97 Å². The summed E-state index contributed by atoms with van der Waals surface area (Å²) in [6, 6.07) is 6.43. The highest BCUT2D eigenvalue weighted by atomic mass is 16.5. The van der Waals surface area contributed by atoms with Crippen LogP contribution in [-0.4, -0.2) is 28.5 Å². The lowest BCUT2D eigenvalue weighted by Gasteiger charge is -2.02. The van der Waals surface area contributed by atoms with Crippen LogP contribution in [0, 0.1) is 0 Å². The Morgan fingerprint density at radius 2 is 1.95 bits per heavy atom. The third-order valence-electron chi connectivity index (χ3n) is 2.81. The first-order valence-corrected chi connectivity index (χ1v) is 6.20. The summed E-state index contributed by atoms with van der Waals surface area (Å²) in [7, 11) is 0. The number of nitrogens with zero attached hydrogens (tertiary/aromatic N) is 1. The molecule has 0 unspecified atom stereocenters. The quantitative estimate of drug-likeness (QED) is 0.829. The van der Waals surface area contributed by atoms with Gasteiger partial charge in [0.15, 0.2) is 5.76 Å². The lowest BCUT2D eigenvalue weighted by atomic mass is 10.1. The van der Waals surface area contributed by atoms with Gasteiger partial charge in [0.25, 0.3) is 0 Å². The zero-order valence-corrected chi connectivity index (χ0v) is 11.3. The number of phenols is 1. The minimum Gasteiger partial charge on any atom is -0.508 e. The second kappa shape index (κ2) is 5.61. The number of ether oxygens (including phenoxy) is 1. The van der Waals surface area contributed by atoms with E-state index >= 15 is 0 Å². The highest BCUT2D eigenvalue weighted by Crippen LogP contribution is 2.26. The maximum Gasteiger partial charge on any atom is 0.343 e. The third kappa shape index (κ3) is 2.71. The summed E-state index contributed by atoms with van der Waals surface area (Å²) < 4.78 is 4.88. The van der Waals surface area contributed by atoms with Crippen LogP contribution < -0.4 is 0 Å². The van der Waals surface area contributed by atoms with Crippen molar-refractivity contribution in [2.45, 2.75) is 13.8 Å². The normalized spacial score (nSPS) is 16.5. The van der Waals surface area contributed by atoms with Crippen LogP contribution in [0.4, 0.5) is 0 Å². The number of hydrogen-bond acceptors (Lipinski definition) is 5. The summed E-state index contributed by atoms with van der Waals surface area (Å²) >= 11 is 0. The fraction of sp³-hybridized carbons (Fsp3) is 0.200. The van der Waals surface area contributed by atoms with E-state index in [9.17, 15) is 15.0 Å². The summed E-state index contributed by atoms with van der Waals surface area (Å²) in [6.07, 6.45) is 1.63. The molecule has 1 aromatic carbocycles. The summed E-state index contributed by atoms with van der Waals surface area (Å²) in [4.78, 5) is 15.9. The molecule has 2 N–H and O–H groups in total. The van der Waals surface area contributed by atoms with Crippen molar-refractivity contribution in [3.8, 4) is 5.75 Å². The molecule has 0 atom stereocenters. The highest BCUT2D eigenvalue weighted by molar-refractivity contribution is 6.22. The lowest BCUT2D eigenvalue weighted by Crippen LogP contribution is -2.13. The number of aliphatic hydroxyl groups excluding tert-OH is 1. The molecule has 0 fully saturated rings. The van der Waals surface area contributed by atoms with Crippen molar-refractivity contribution in [3.63, 3.8) is 0 Å². The first kappa shape index (κ1) is 13.9. The minimum absolute atomic E-state index is 0.0943. The van der Waals surface area contributed by atoms with Gasteiger partial charge in [0, 0.05) is 0 Å². The van der Waals surface area contributed by atoms with Crippen LogP contribution in [0.5, 0.6) is 5.75 Å². The molecule has 0 aromatic heterocycles. The van der Waals surface area contributed by atoms with Crippen molar-refractivity contribution in [1.29, 1.82) is 0 Å². The lowest BCUT2D eigenvalue weighted by molar-refractivity contribution is -0.138. The van der Waals surface area contributed by atoms with Gasteiger partial charge in [0.2, 0.25) is 0 Å². The van der Waals surface area contributed by atoms with E-state index < -0.39 is 5.97 Å². The van der Waals surface area contributed by atoms with Gasteiger partial charge < -0.3 is 14.9 Å². The molecule has 2 rings (SSSR count). The second-order valence-corrected chi connectivity index (χ2v) is 4.26. The van der Waals surface area contributed by atoms with Gasteiger partial charge in [-0.05, 0) is 37.6 Å². The van der Waals surface area contributed by atoms with Gasteiger partial charge in [-0.3, -0.25) is 0 Å². The average molecular weight is 273 g/mol. The molecule has 104 valence electrons. The largest absolute Gasteiger partial charge is 0.508 e. The molecule has 20 heavy (non-hydrogen) atoms. The van der Waals surface area contributed by atoms with E-state index in [-0.39, 0.29) is 23.7 Å². The summed E-state index contributed by atoms with van der Waals surface area (Å²) in [5.74, 6) is -0.611. The van der Waals surface area contributed by atoms with Gasteiger partial charge in [-0.15, -0.1) is 0 Å². The number of esters is 1. The number of aromatic hydroxyl groups is 1. The van der Waals surface area contributed by atoms with Gasteiger partial charge in [-0.25, -0.2) is 9.79 Å². The van der Waals surface area contributed by atoms with Crippen molar-refractivity contribution in [3.05, 3.63) is 46.9 Å². The topological polar surface area (TPSA) is 79.1 Å². The molecular weight excluding hydrogens is 258 g/mol. The Hall–Kier alpha value is -2.56. The van der Waals surface area contributed by atoms with E-state index in [1.807, 2.05) is 0 Å². The monoisotopic (exact) mass is 273 g/mol. The Morgan fingerprint density at radius 1 is 1.30 bits per heavy atom. The number of aliphatic hydroxyl groups is 1. The van der Waals surface area contributed by atoms with E-state index in [0.717, 1.165) is 5.56 Å². The SMILES string of the molecule is CCOC(=O)C1=C(O)/C(=C/c2ccc(O)cc2)N=C1C. The van der Waals surface area contributed by atoms with Gasteiger partial charge in [-0.1, -0.05) is 12.1 Å². The van der Waals surface area contributed by atoms with E-state index in [1.54, 1.807) is 32.1 Å². The fourth-order valence-corrected chi connectivity index (χ4v) is 1.87. The molecule has 0 bridgehead atoms. The van der Waals surface area contributed by atoms with Gasteiger partial charge in [0.05, 0.1) is 12.3 Å². The average Bonchev–Trinajstić information content (AvgIpc) is 2.67. The minimum atomic E-state index is -0.583. The molecule has 0 saturated heterocycles. The first-order chi connectivity index (χ1) is 9.52. The van der Waals surface area contributed by atoms with Crippen LogP contribution in [-0.2, 0) is 9.53 Å². The Labute approximate surface area is 116 Å². The van der Waals surface area contributed by atoms with E-state index in [1.165, 1.54) is 12.1 Å². The number of carbonyl (C=O) groups excluding carboxylic acids is 1. The van der Waals surface area contributed by atoms with Crippen molar-refractivity contribution in [1.82, 2.24) is 0 Å². The van der Waals surface area contributed by atoms with Crippen LogP contribution in [0.2, 0.25) is 0 Å². The summed E-state index contributed by atoms with van der Waals surface area (Å²) in [5, 5.41) is 19.3. The number of hydrogen-bond donors (Lipinski definition) is 2. The Morgan fingerprint density at radius 3 is 2.55 bits per heavy atom.